The molecule has 0 spiro atoms. The lowest BCUT2D eigenvalue weighted by atomic mass is 10.1. The number of hydrogen-bond donors (Lipinski definition) is 1. The third-order valence-corrected chi connectivity index (χ3v) is 5.41. The van der Waals surface area contributed by atoms with Gasteiger partial charge < -0.3 is 24.4 Å². The Balaban J connectivity index is 0.000000451. The van der Waals surface area contributed by atoms with Crippen LogP contribution in [0.25, 0.3) is 0 Å². The molecule has 2 fully saturated rings. The van der Waals surface area contributed by atoms with E-state index in [4.69, 9.17) is 19.4 Å². The molecule has 2 saturated heterocycles. The number of hydrogen-bond acceptors (Lipinski definition) is 5. The van der Waals surface area contributed by atoms with Crippen molar-refractivity contribution in [3.05, 3.63) is 29.8 Å². The fourth-order valence-corrected chi connectivity index (χ4v) is 3.81. The zero-order valence-corrected chi connectivity index (χ0v) is 18.3. The first kappa shape index (κ1) is 25.9. The van der Waals surface area contributed by atoms with Gasteiger partial charge in [0.15, 0.2) is 0 Å². The first-order valence-corrected chi connectivity index (χ1v) is 10.8. The zero-order chi connectivity index (χ0) is 23.6. The molecule has 1 atom stereocenters. The predicted octanol–water partition coefficient (Wildman–Crippen LogP) is 3.44. The number of ether oxygens (including phenoxy) is 2. The average molecular weight is 460 g/mol. The fraction of sp³-hybridized carbons (Fsp3) is 0.636. The topological polar surface area (TPSA) is 79.3 Å². The summed E-state index contributed by atoms with van der Waals surface area (Å²) in [5.74, 6) is -1.79. The summed E-state index contributed by atoms with van der Waals surface area (Å²) in [4.78, 5) is 26.4. The van der Waals surface area contributed by atoms with Gasteiger partial charge in [0, 0.05) is 44.8 Å². The van der Waals surface area contributed by atoms with Gasteiger partial charge >= 0.3 is 12.1 Å². The van der Waals surface area contributed by atoms with E-state index in [0.717, 1.165) is 43.7 Å². The van der Waals surface area contributed by atoms with Crippen molar-refractivity contribution in [2.24, 2.45) is 0 Å². The molecule has 0 aromatic heterocycles. The van der Waals surface area contributed by atoms with Crippen LogP contribution < -0.4 is 4.74 Å². The molecule has 1 N–H and O–H groups in total. The smallest absolute Gasteiger partial charge is 0.490 e. The van der Waals surface area contributed by atoms with Crippen molar-refractivity contribution >= 4 is 11.9 Å². The van der Waals surface area contributed by atoms with Crippen molar-refractivity contribution in [2.75, 3.05) is 46.5 Å². The van der Waals surface area contributed by atoms with Gasteiger partial charge in [0.05, 0.1) is 6.61 Å². The summed E-state index contributed by atoms with van der Waals surface area (Å²) < 4.78 is 42.4. The van der Waals surface area contributed by atoms with Crippen molar-refractivity contribution in [3.8, 4) is 5.75 Å². The highest BCUT2D eigenvalue weighted by Crippen LogP contribution is 2.23. The van der Waals surface area contributed by atoms with Crippen LogP contribution in [0, 0.1) is 0 Å². The average Bonchev–Trinajstić information content (AvgIpc) is 3.43. The number of amides is 1. The fourth-order valence-electron chi connectivity index (χ4n) is 3.81. The highest BCUT2D eigenvalue weighted by Gasteiger charge is 2.38. The number of alkyl halides is 3. The highest BCUT2D eigenvalue weighted by atomic mass is 19.4. The summed E-state index contributed by atoms with van der Waals surface area (Å²) in [5.41, 5.74) is 0.762. The number of aliphatic carboxylic acids is 1. The Morgan fingerprint density at radius 3 is 2.25 bits per heavy atom. The normalized spacial score (nSPS) is 18.9. The van der Waals surface area contributed by atoms with E-state index in [1.807, 2.05) is 24.3 Å². The molecule has 7 nitrogen and oxygen atoms in total. The van der Waals surface area contributed by atoms with Crippen LogP contribution in [0.15, 0.2) is 24.3 Å². The standard InChI is InChI=1S/C20H30N2O3.C2HF3O2/c1-24-14-5-15-25-19-9-7-17(8-10-19)20(23)22-13-4-6-18(22)16-21-11-2-3-12-21;3-2(4,5)1(6)7/h7-10,18H,2-6,11-16H2,1H3;(H,6,7). The maximum Gasteiger partial charge on any atom is 0.490 e. The minimum atomic E-state index is -5.08. The first-order chi connectivity index (χ1) is 15.2. The van der Waals surface area contributed by atoms with Crippen LogP contribution in [0.3, 0.4) is 0 Å². The lowest BCUT2D eigenvalue weighted by molar-refractivity contribution is -0.192. The van der Waals surface area contributed by atoms with Crippen LogP contribution in [-0.2, 0) is 9.53 Å². The number of nitrogens with zero attached hydrogens (tertiary/aromatic N) is 2. The second-order valence-electron chi connectivity index (χ2n) is 7.82. The van der Waals surface area contributed by atoms with Crippen LogP contribution in [0.4, 0.5) is 13.2 Å². The molecule has 0 aliphatic carbocycles. The Bertz CT molecular complexity index is 721. The van der Waals surface area contributed by atoms with Gasteiger partial charge in [-0.2, -0.15) is 13.2 Å². The Kier molecular flexibility index (Phi) is 10.2. The Hall–Kier alpha value is -2.33. The molecular formula is C22H31F3N2O5. The quantitative estimate of drug-likeness (QED) is 0.599. The molecule has 180 valence electrons. The molecule has 10 heteroatoms. The molecule has 1 aromatic carbocycles. The molecular weight excluding hydrogens is 429 g/mol. The monoisotopic (exact) mass is 460 g/mol. The molecule has 1 amide bonds. The second kappa shape index (κ2) is 12.6. The minimum absolute atomic E-state index is 0.160. The van der Waals surface area contributed by atoms with Gasteiger partial charge in [0.1, 0.15) is 5.75 Å². The number of carboxylic acids is 1. The number of carbonyl (C=O) groups is 2. The van der Waals surface area contributed by atoms with Gasteiger partial charge in [0.2, 0.25) is 0 Å². The van der Waals surface area contributed by atoms with Gasteiger partial charge in [-0.25, -0.2) is 4.79 Å². The van der Waals surface area contributed by atoms with Gasteiger partial charge in [-0.1, -0.05) is 0 Å². The zero-order valence-electron chi connectivity index (χ0n) is 18.3. The minimum Gasteiger partial charge on any atom is -0.494 e. The summed E-state index contributed by atoms with van der Waals surface area (Å²) >= 11 is 0. The number of rotatable bonds is 8. The van der Waals surface area contributed by atoms with E-state index in [1.165, 1.54) is 25.9 Å². The van der Waals surface area contributed by atoms with E-state index in [-0.39, 0.29) is 5.91 Å². The number of likely N-dealkylation sites (tertiary alicyclic amines) is 2. The van der Waals surface area contributed by atoms with Gasteiger partial charge in [0.25, 0.3) is 5.91 Å². The lowest BCUT2D eigenvalue weighted by Crippen LogP contribution is -2.42. The van der Waals surface area contributed by atoms with Crippen LogP contribution >= 0.6 is 0 Å². The van der Waals surface area contributed by atoms with E-state index in [0.29, 0.717) is 19.3 Å². The highest BCUT2D eigenvalue weighted by molar-refractivity contribution is 5.94. The lowest BCUT2D eigenvalue weighted by Gasteiger charge is -2.28. The van der Waals surface area contributed by atoms with Gasteiger partial charge in [-0.15, -0.1) is 0 Å². The van der Waals surface area contributed by atoms with Crippen LogP contribution in [-0.4, -0.2) is 85.5 Å². The third kappa shape index (κ3) is 8.31. The van der Waals surface area contributed by atoms with Gasteiger partial charge in [-0.3, -0.25) is 4.79 Å². The first-order valence-electron chi connectivity index (χ1n) is 10.8. The molecule has 2 heterocycles. The van der Waals surface area contributed by atoms with Gasteiger partial charge in [-0.05, 0) is 63.0 Å². The van der Waals surface area contributed by atoms with E-state index < -0.39 is 12.1 Å². The molecule has 2 aliphatic rings. The number of carbonyl (C=O) groups excluding carboxylic acids is 1. The van der Waals surface area contributed by atoms with Crippen molar-refractivity contribution in [1.82, 2.24) is 9.80 Å². The van der Waals surface area contributed by atoms with Crippen LogP contribution in [0.5, 0.6) is 5.75 Å². The number of halogens is 3. The predicted molar refractivity (Wildman–Crippen MR) is 112 cm³/mol. The molecule has 1 aromatic rings. The van der Waals surface area contributed by atoms with Crippen molar-refractivity contribution in [3.63, 3.8) is 0 Å². The maximum atomic E-state index is 12.9. The largest absolute Gasteiger partial charge is 0.494 e. The Morgan fingerprint density at radius 2 is 1.69 bits per heavy atom. The van der Waals surface area contributed by atoms with Crippen molar-refractivity contribution < 1.29 is 37.3 Å². The third-order valence-electron chi connectivity index (χ3n) is 5.41. The summed E-state index contributed by atoms with van der Waals surface area (Å²) in [6, 6.07) is 7.94. The second-order valence-corrected chi connectivity index (χ2v) is 7.82. The van der Waals surface area contributed by atoms with E-state index in [1.54, 1.807) is 7.11 Å². The summed E-state index contributed by atoms with van der Waals surface area (Å²) in [7, 11) is 1.69. The van der Waals surface area contributed by atoms with Crippen LogP contribution in [0.1, 0.15) is 42.5 Å². The van der Waals surface area contributed by atoms with E-state index in [2.05, 4.69) is 9.80 Å². The number of carboxylic acid groups (broad SMARTS) is 1. The SMILES string of the molecule is COCCCOc1ccc(C(=O)N2CCCC2CN2CCCC2)cc1.O=C(O)C(F)(F)F. The summed E-state index contributed by atoms with van der Waals surface area (Å²) in [6.07, 6.45) is 0.621. The molecule has 32 heavy (non-hydrogen) atoms. The van der Waals surface area contributed by atoms with Crippen LogP contribution in [0.2, 0.25) is 0 Å². The molecule has 1 unspecified atom stereocenters. The Labute approximate surface area is 186 Å². The van der Waals surface area contributed by atoms with Crippen molar-refractivity contribution in [1.29, 1.82) is 0 Å². The molecule has 0 saturated carbocycles. The van der Waals surface area contributed by atoms with E-state index in [9.17, 15) is 18.0 Å². The van der Waals surface area contributed by atoms with E-state index >= 15 is 0 Å². The molecule has 3 rings (SSSR count). The van der Waals surface area contributed by atoms with Crippen molar-refractivity contribution in [2.45, 2.75) is 44.3 Å². The molecule has 0 radical (unpaired) electrons. The Morgan fingerprint density at radius 1 is 1.06 bits per heavy atom. The molecule has 0 bridgehead atoms. The molecule has 2 aliphatic heterocycles. The maximum absolute atomic E-state index is 12.9. The number of benzene rings is 1. The summed E-state index contributed by atoms with van der Waals surface area (Å²) in [5, 5.41) is 7.12. The number of methoxy groups -OCH3 is 1. The summed E-state index contributed by atoms with van der Waals surface area (Å²) in [6.45, 7) is 5.62.